The number of fused-ring (bicyclic) bond motifs is 4. The summed E-state index contributed by atoms with van der Waals surface area (Å²) >= 11 is 0. The van der Waals surface area contributed by atoms with Crippen LogP contribution in [-0.4, -0.2) is 19.9 Å². The van der Waals surface area contributed by atoms with Gasteiger partial charge in [0.15, 0.2) is 0 Å². The van der Waals surface area contributed by atoms with Crippen molar-refractivity contribution in [3.63, 3.8) is 0 Å². The van der Waals surface area contributed by atoms with Gasteiger partial charge in [-0.2, -0.15) is 0 Å². The van der Waals surface area contributed by atoms with Crippen LogP contribution in [0.3, 0.4) is 0 Å². The van der Waals surface area contributed by atoms with E-state index in [9.17, 15) is 4.79 Å². The molecule has 5 rings (SSSR count). The van der Waals surface area contributed by atoms with E-state index in [1.54, 1.807) is 6.20 Å². The van der Waals surface area contributed by atoms with Crippen LogP contribution in [0.25, 0.3) is 44.0 Å². The largest absolute Gasteiger partial charge is 0.323 e. The van der Waals surface area contributed by atoms with E-state index in [-0.39, 0.29) is 5.69 Å². The average molecular weight is 312 g/mol. The second-order valence-corrected chi connectivity index (χ2v) is 5.77. The number of hydrogen-bond donors (Lipinski definition) is 2. The van der Waals surface area contributed by atoms with Gasteiger partial charge < -0.3 is 9.97 Å². The van der Waals surface area contributed by atoms with Crippen LogP contribution < -0.4 is 5.69 Å². The monoisotopic (exact) mass is 312 g/mol. The average Bonchev–Trinajstić information content (AvgIpc) is 3.01. The second-order valence-electron chi connectivity index (χ2n) is 5.77. The van der Waals surface area contributed by atoms with Crippen LogP contribution in [0.1, 0.15) is 0 Å². The third-order valence-electron chi connectivity index (χ3n) is 4.28. The molecule has 0 amide bonds. The summed E-state index contributed by atoms with van der Waals surface area (Å²) in [7, 11) is 0. The molecule has 3 aromatic heterocycles. The fourth-order valence-electron chi connectivity index (χ4n) is 3.10. The van der Waals surface area contributed by atoms with Gasteiger partial charge in [0.2, 0.25) is 0 Å². The number of hydrogen-bond acceptors (Lipinski definition) is 3. The predicted molar refractivity (Wildman–Crippen MR) is 95.0 cm³/mol. The third kappa shape index (κ3) is 1.91. The molecule has 0 atom stereocenters. The standard InChI is InChI=1S/C19H12N4O/c24-19-22-17-10-21-16-6-5-11(8-14(16)18(17)23-19)13-7-12-3-1-2-4-15(12)20-9-13/h1-10H,(H2,22,23,24). The lowest BCUT2D eigenvalue weighted by atomic mass is 10.0. The Hall–Kier alpha value is -3.47. The van der Waals surface area contributed by atoms with E-state index in [1.165, 1.54) is 0 Å². The molecule has 2 aromatic carbocycles. The van der Waals surface area contributed by atoms with Gasteiger partial charge in [-0.05, 0) is 29.8 Å². The summed E-state index contributed by atoms with van der Waals surface area (Å²) in [6, 6.07) is 16.2. The summed E-state index contributed by atoms with van der Waals surface area (Å²) < 4.78 is 0. The van der Waals surface area contributed by atoms with Crippen molar-refractivity contribution in [1.82, 2.24) is 19.9 Å². The van der Waals surface area contributed by atoms with E-state index in [1.807, 2.05) is 42.6 Å². The van der Waals surface area contributed by atoms with Gasteiger partial charge in [-0.3, -0.25) is 9.97 Å². The first kappa shape index (κ1) is 13.0. The van der Waals surface area contributed by atoms with Crippen LogP contribution in [0.15, 0.2) is 65.7 Å². The smallest absolute Gasteiger partial charge is 0.305 e. The molecule has 2 N–H and O–H groups in total. The highest BCUT2D eigenvalue weighted by Gasteiger charge is 2.08. The lowest BCUT2D eigenvalue weighted by Crippen LogP contribution is -1.99. The zero-order valence-electron chi connectivity index (χ0n) is 12.6. The Morgan fingerprint density at radius 2 is 1.67 bits per heavy atom. The maximum atomic E-state index is 11.6. The SMILES string of the molecule is O=c1[nH]c2cnc3ccc(-c4cnc5ccccc5c4)cc3c2[nH]1. The maximum Gasteiger partial charge on any atom is 0.323 e. The van der Waals surface area contributed by atoms with Gasteiger partial charge in [-0.25, -0.2) is 4.79 Å². The molecule has 0 radical (unpaired) electrons. The van der Waals surface area contributed by atoms with Crippen LogP contribution in [0.5, 0.6) is 0 Å². The number of para-hydroxylation sites is 1. The Morgan fingerprint density at radius 3 is 2.62 bits per heavy atom. The van der Waals surface area contributed by atoms with Crippen LogP contribution in [0, 0.1) is 0 Å². The van der Waals surface area contributed by atoms with Crippen molar-refractivity contribution in [3.05, 3.63) is 71.4 Å². The van der Waals surface area contributed by atoms with Gasteiger partial charge in [0.25, 0.3) is 0 Å². The number of pyridine rings is 2. The maximum absolute atomic E-state index is 11.6. The molecule has 0 bridgehead atoms. The molecule has 0 aliphatic heterocycles. The van der Waals surface area contributed by atoms with Gasteiger partial charge in [0, 0.05) is 22.5 Å². The summed E-state index contributed by atoms with van der Waals surface area (Å²) in [6.45, 7) is 0. The molecule has 0 unspecified atom stereocenters. The summed E-state index contributed by atoms with van der Waals surface area (Å²) in [4.78, 5) is 26.1. The number of aromatic nitrogens is 4. The molecule has 0 fully saturated rings. The molecule has 24 heavy (non-hydrogen) atoms. The van der Waals surface area contributed by atoms with Gasteiger partial charge in [-0.15, -0.1) is 0 Å². The van der Waals surface area contributed by atoms with Crippen molar-refractivity contribution >= 4 is 32.8 Å². The van der Waals surface area contributed by atoms with Crippen LogP contribution in [0.4, 0.5) is 0 Å². The third-order valence-corrected chi connectivity index (χ3v) is 4.28. The second kappa shape index (κ2) is 4.76. The summed E-state index contributed by atoms with van der Waals surface area (Å²) in [5.74, 6) is 0. The Kier molecular flexibility index (Phi) is 2.58. The predicted octanol–water partition coefficient (Wildman–Crippen LogP) is 3.62. The highest BCUT2D eigenvalue weighted by Crippen LogP contribution is 2.28. The Balaban J connectivity index is 1.78. The minimum Gasteiger partial charge on any atom is -0.305 e. The van der Waals surface area contributed by atoms with E-state index >= 15 is 0 Å². The minimum absolute atomic E-state index is 0.225. The van der Waals surface area contributed by atoms with Crippen LogP contribution in [0.2, 0.25) is 0 Å². The lowest BCUT2D eigenvalue weighted by Gasteiger charge is -2.06. The van der Waals surface area contributed by atoms with Crippen LogP contribution in [-0.2, 0) is 0 Å². The van der Waals surface area contributed by atoms with E-state index in [2.05, 4.69) is 32.1 Å². The molecule has 5 aromatic rings. The first-order valence-electron chi connectivity index (χ1n) is 7.64. The molecule has 114 valence electrons. The minimum atomic E-state index is -0.225. The first-order valence-corrected chi connectivity index (χ1v) is 7.64. The topological polar surface area (TPSA) is 74.4 Å². The molecule has 5 heteroatoms. The van der Waals surface area contributed by atoms with Crippen LogP contribution >= 0.6 is 0 Å². The number of benzene rings is 2. The quantitative estimate of drug-likeness (QED) is 0.496. The lowest BCUT2D eigenvalue weighted by molar-refractivity contribution is 1.21. The van der Waals surface area contributed by atoms with E-state index in [0.717, 1.165) is 38.4 Å². The molecule has 0 saturated heterocycles. The normalized spacial score (nSPS) is 11.5. The molecular formula is C19H12N4O. The number of rotatable bonds is 1. The van der Waals surface area contributed by atoms with Gasteiger partial charge in [0.1, 0.15) is 0 Å². The van der Waals surface area contributed by atoms with E-state index < -0.39 is 0 Å². The Bertz CT molecular complexity index is 1280. The van der Waals surface area contributed by atoms with Crippen molar-refractivity contribution < 1.29 is 0 Å². The summed E-state index contributed by atoms with van der Waals surface area (Å²) in [5.41, 5.74) is 5.15. The van der Waals surface area contributed by atoms with Crippen molar-refractivity contribution in [2.45, 2.75) is 0 Å². The Labute approximate surface area is 136 Å². The first-order chi connectivity index (χ1) is 11.8. The van der Waals surface area contributed by atoms with Crippen molar-refractivity contribution in [2.24, 2.45) is 0 Å². The number of H-pyrrole nitrogens is 2. The number of aromatic amines is 2. The molecule has 5 nitrogen and oxygen atoms in total. The highest BCUT2D eigenvalue weighted by molar-refractivity contribution is 6.03. The molecule has 0 aliphatic rings. The van der Waals surface area contributed by atoms with Crippen molar-refractivity contribution in [2.75, 3.05) is 0 Å². The zero-order chi connectivity index (χ0) is 16.1. The summed E-state index contributed by atoms with van der Waals surface area (Å²) in [6.07, 6.45) is 3.55. The zero-order valence-corrected chi connectivity index (χ0v) is 12.6. The van der Waals surface area contributed by atoms with Gasteiger partial charge in [-0.1, -0.05) is 24.3 Å². The summed E-state index contributed by atoms with van der Waals surface area (Å²) in [5, 5.41) is 2.01. The van der Waals surface area contributed by atoms with Crippen molar-refractivity contribution in [3.8, 4) is 11.1 Å². The molecular weight excluding hydrogens is 300 g/mol. The number of imidazole rings is 1. The van der Waals surface area contributed by atoms with Gasteiger partial charge in [0.05, 0.1) is 28.3 Å². The molecule has 3 heterocycles. The van der Waals surface area contributed by atoms with Gasteiger partial charge >= 0.3 is 5.69 Å². The number of nitrogens with zero attached hydrogens (tertiary/aromatic N) is 2. The van der Waals surface area contributed by atoms with E-state index in [0.29, 0.717) is 5.52 Å². The fraction of sp³-hybridized carbons (Fsp3) is 0. The molecule has 0 spiro atoms. The number of nitrogens with one attached hydrogen (secondary N) is 2. The van der Waals surface area contributed by atoms with Crippen molar-refractivity contribution in [1.29, 1.82) is 0 Å². The molecule has 0 saturated carbocycles. The Morgan fingerprint density at radius 1 is 0.792 bits per heavy atom. The van der Waals surface area contributed by atoms with E-state index in [4.69, 9.17) is 0 Å². The molecule has 0 aliphatic carbocycles. The highest BCUT2D eigenvalue weighted by atomic mass is 16.1. The fourth-order valence-corrected chi connectivity index (χ4v) is 3.10.